The van der Waals surface area contributed by atoms with Crippen molar-refractivity contribution in [3.05, 3.63) is 102 Å². The first-order valence-electron chi connectivity index (χ1n) is 32.8. The molecule has 0 fully saturated rings. The van der Waals surface area contributed by atoms with Crippen LogP contribution in [0, 0.1) is 17.2 Å². The maximum atomic E-state index is 15.5. The average molecular weight is 1450 g/mol. The molecule has 562 valence electrons. The number of aromatic amines is 3. The molecule has 39 heteroatoms. The van der Waals surface area contributed by atoms with Crippen LogP contribution in [0.15, 0.2) is 67.4 Å². The summed E-state index contributed by atoms with van der Waals surface area (Å²) in [5.74, 6) is -14.2. The van der Waals surface area contributed by atoms with Gasteiger partial charge in [-0.25, -0.2) is 14.4 Å². The number of halogens is 1. The summed E-state index contributed by atoms with van der Waals surface area (Å²) in [5, 5.41) is 102. The van der Waals surface area contributed by atoms with Crippen LogP contribution in [0.4, 0.5) is 4.39 Å². The van der Waals surface area contributed by atoms with Crippen molar-refractivity contribution in [1.29, 1.82) is 0 Å². The van der Waals surface area contributed by atoms with Crippen molar-refractivity contribution in [2.45, 2.75) is 179 Å². The number of carbonyl (C=O) groups excluding carboxylic acids is 12. The Hall–Kier alpha value is -10.9. The fourth-order valence-electron chi connectivity index (χ4n) is 9.91. The quantitative estimate of drug-likeness (QED) is 0.0163. The minimum atomic E-state index is -2.39. The zero-order chi connectivity index (χ0) is 76.5. The van der Waals surface area contributed by atoms with Crippen LogP contribution in [-0.4, -0.2) is 240 Å². The second-order valence-electron chi connectivity index (χ2n) is 26.3. The molecule has 0 aliphatic heterocycles. The molecule has 3 heterocycles. The fourth-order valence-corrected chi connectivity index (χ4v) is 9.91. The first-order valence-corrected chi connectivity index (χ1v) is 32.8. The Morgan fingerprint density at radius 2 is 1.17 bits per heavy atom. The summed E-state index contributed by atoms with van der Waals surface area (Å²) in [6.45, 7) is 11.5. The van der Waals surface area contributed by atoms with E-state index < -0.39 is 192 Å². The van der Waals surface area contributed by atoms with Gasteiger partial charge in [-0.15, -0.1) is 10.2 Å². The Morgan fingerprint density at radius 1 is 0.602 bits per heavy atom. The number of imidazole rings is 1. The molecule has 5 aromatic rings. The number of rotatable bonds is 39. The smallest absolute Gasteiger partial charge is 0.246 e. The summed E-state index contributed by atoms with van der Waals surface area (Å²) < 4.78 is 15.5. The molecule has 103 heavy (non-hydrogen) atoms. The highest BCUT2D eigenvalue weighted by molar-refractivity contribution is 6.06. The third kappa shape index (κ3) is 25.3. The van der Waals surface area contributed by atoms with E-state index in [2.05, 4.69) is 110 Å². The van der Waals surface area contributed by atoms with Crippen LogP contribution in [0.3, 0.4) is 0 Å². The van der Waals surface area contributed by atoms with Crippen molar-refractivity contribution in [2.24, 2.45) is 11.3 Å². The summed E-state index contributed by atoms with van der Waals surface area (Å²) in [6.07, 6.45) is -0.694. The van der Waals surface area contributed by atoms with E-state index in [0.717, 1.165) is 38.9 Å². The topological polar surface area (TPSA) is 575 Å². The fraction of sp³-hybridized carbons (Fsp3) is 0.531. The lowest BCUT2D eigenvalue weighted by Crippen LogP contribution is -2.67. The molecule has 0 saturated carbocycles. The number of carbonyl (C=O) groups is 12. The second kappa shape index (κ2) is 38.2. The van der Waals surface area contributed by atoms with Gasteiger partial charge in [0.15, 0.2) is 5.82 Å². The molecule has 5 rings (SSSR count). The number of tetrazole rings is 1. The van der Waals surface area contributed by atoms with E-state index in [9.17, 15) is 83.1 Å². The zero-order valence-corrected chi connectivity index (χ0v) is 58.5. The number of benzene rings is 2. The van der Waals surface area contributed by atoms with Gasteiger partial charge in [0, 0.05) is 56.1 Å². The molecule has 0 unspecified atom stereocenters. The van der Waals surface area contributed by atoms with Crippen molar-refractivity contribution < 1.29 is 87.5 Å². The number of hydrogen-bond acceptors (Lipinski definition) is 23. The minimum Gasteiger partial charge on any atom is -0.508 e. The van der Waals surface area contributed by atoms with E-state index in [1.807, 2.05) is 0 Å². The number of aromatic nitrogens is 9. The monoisotopic (exact) mass is 1450 g/mol. The van der Waals surface area contributed by atoms with Crippen LogP contribution in [0.25, 0.3) is 0 Å². The van der Waals surface area contributed by atoms with E-state index >= 15 is 4.39 Å². The normalized spacial score (nSPS) is 15.3. The second-order valence-corrected chi connectivity index (χ2v) is 26.3. The molecular formula is C64H92FN21O17. The van der Waals surface area contributed by atoms with Gasteiger partial charge in [-0.05, 0) is 90.6 Å². The molecule has 0 aliphatic carbocycles. The lowest BCUT2D eigenvalue weighted by atomic mass is 9.90. The largest absolute Gasteiger partial charge is 0.508 e. The highest BCUT2D eigenvalue weighted by Gasteiger charge is 2.44. The van der Waals surface area contributed by atoms with Crippen molar-refractivity contribution in [2.75, 3.05) is 26.3 Å². The van der Waals surface area contributed by atoms with Gasteiger partial charge >= 0.3 is 0 Å². The molecule has 0 saturated heterocycles. The maximum absolute atomic E-state index is 15.5. The Labute approximate surface area is 590 Å². The van der Waals surface area contributed by atoms with Crippen LogP contribution in [-0.2, 0) is 89.6 Å². The minimum absolute atomic E-state index is 0.115. The van der Waals surface area contributed by atoms with Crippen molar-refractivity contribution in [1.82, 2.24) is 110 Å². The number of H-pyrrole nitrogens is 3. The van der Waals surface area contributed by atoms with Crippen LogP contribution >= 0.6 is 0 Å². The molecule has 0 aliphatic rings. The lowest BCUT2D eigenvalue weighted by Gasteiger charge is -2.34. The summed E-state index contributed by atoms with van der Waals surface area (Å²) in [4.78, 5) is 178. The molecule has 12 atom stereocenters. The number of phenols is 1. The number of nitrogens with zero attached hydrogens (tertiary/aromatic N) is 6. The first-order chi connectivity index (χ1) is 48.5. The highest BCUT2D eigenvalue weighted by atomic mass is 19.1. The van der Waals surface area contributed by atoms with Gasteiger partial charge in [0.1, 0.15) is 83.0 Å². The maximum Gasteiger partial charge on any atom is 0.246 e. The molecular weight excluding hydrogens is 1350 g/mol. The standard InChI is InChI=1S/C64H92FN21O17/c1-11-32(2)48(57(99)80-62(5,6)7)78-55(97)44(29-88)74-52(94)40(22-35-16-18-38(91)19-17-35)72-53(95)42(24-46-83-85-86-84-46)73-54(96)43(28-87)75-56(98)49(33(3)89)79-61(103)64(10,25-36-14-12-13-15-39(36)65)81-58(100)50(34(4)90)77-47(92)27-68-51(93)41(23-45-70-31-71-82-45)76-60(102)63(8,9)59(101)67-21-20-37-26-66-30-69-37/h12-19,26,30-34,40-44,48-50,87-91H,11,20-25,27-29H2,1-10H3,(H,66,69)(H,67,101)(H,68,93)(H,72,95)(H,73,96)(H,74,94)(H,75,98)(H,76,102)(H,77,92)(H,78,97)(H,79,103)(H,80,99)(H,81,100)(H,70,71,82)(H,83,84,85,86)/t32-,33-,34-,40+,41+,42+,43+,44+,48-,49+,50+,64+/m1/s1. The van der Waals surface area contributed by atoms with E-state index in [4.69, 9.17) is 0 Å². The third-order valence-electron chi connectivity index (χ3n) is 16.2. The summed E-state index contributed by atoms with van der Waals surface area (Å²) >= 11 is 0. The highest BCUT2D eigenvalue weighted by Crippen LogP contribution is 2.21. The van der Waals surface area contributed by atoms with E-state index in [1.54, 1.807) is 40.8 Å². The van der Waals surface area contributed by atoms with Crippen molar-refractivity contribution in [3.63, 3.8) is 0 Å². The molecule has 20 N–H and O–H groups in total. The van der Waals surface area contributed by atoms with Gasteiger partial charge in [-0.2, -0.15) is 10.3 Å². The zero-order valence-electron chi connectivity index (χ0n) is 58.5. The number of nitrogens with one attached hydrogen (secondary N) is 15. The van der Waals surface area contributed by atoms with E-state index in [1.165, 1.54) is 62.6 Å². The number of aromatic hydroxyl groups is 1. The molecule has 38 nitrogen and oxygen atoms in total. The lowest BCUT2D eigenvalue weighted by molar-refractivity contribution is -0.143. The van der Waals surface area contributed by atoms with Crippen LogP contribution in [0.2, 0.25) is 0 Å². The Bertz CT molecular complexity index is 3690. The van der Waals surface area contributed by atoms with Crippen molar-refractivity contribution >= 4 is 70.9 Å². The van der Waals surface area contributed by atoms with Gasteiger partial charge in [-0.1, -0.05) is 55.8 Å². The molecule has 0 spiro atoms. The van der Waals surface area contributed by atoms with Crippen LogP contribution in [0.1, 0.15) is 104 Å². The van der Waals surface area contributed by atoms with Crippen molar-refractivity contribution in [3.8, 4) is 5.75 Å². The summed E-state index contributed by atoms with van der Waals surface area (Å²) in [5.41, 5.74) is -3.98. The van der Waals surface area contributed by atoms with Gasteiger partial charge in [0.05, 0.1) is 38.3 Å². The number of phenolic OH excluding ortho intramolecular Hbond substituents is 1. The predicted octanol–water partition coefficient (Wildman–Crippen LogP) is -5.88. The number of hydrogen-bond donors (Lipinski definition) is 20. The molecule has 3 aromatic heterocycles. The van der Waals surface area contributed by atoms with Gasteiger partial charge < -0.3 is 94.3 Å². The first kappa shape index (κ1) is 82.7. The number of aliphatic hydroxyl groups excluding tert-OH is 4. The molecule has 0 bridgehead atoms. The van der Waals surface area contributed by atoms with Gasteiger partial charge in [-0.3, -0.25) is 62.6 Å². The van der Waals surface area contributed by atoms with E-state index in [0.29, 0.717) is 18.4 Å². The Kier molecular flexibility index (Phi) is 30.7. The predicted molar refractivity (Wildman–Crippen MR) is 359 cm³/mol. The average Bonchev–Trinajstić information content (AvgIpc) is 1.37. The van der Waals surface area contributed by atoms with Crippen LogP contribution < -0.4 is 63.8 Å². The molecule has 0 radical (unpaired) electrons. The summed E-state index contributed by atoms with van der Waals surface area (Å²) in [7, 11) is 0. The van der Waals surface area contributed by atoms with Crippen LogP contribution in [0.5, 0.6) is 5.75 Å². The molecule has 2 aromatic carbocycles. The number of amides is 12. The Morgan fingerprint density at radius 3 is 1.73 bits per heavy atom. The molecule has 12 amide bonds. The third-order valence-corrected chi connectivity index (χ3v) is 16.2. The summed E-state index contributed by atoms with van der Waals surface area (Å²) in [6, 6.07) is -3.47. The van der Waals surface area contributed by atoms with Gasteiger partial charge in [0.2, 0.25) is 70.9 Å². The van der Waals surface area contributed by atoms with E-state index in [-0.39, 0.29) is 42.3 Å². The number of aliphatic hydroxyl groups is 4. The SMILES string of the molecule is CC[C@@H](C)[C@@H](NC(=O)[C@H](CO)NC(=O)[C@H](Cc1ccc(O)cc1)NC(=O)[C@H](Cc1nn[nH]n1)NC(=O)[C@H](CO)NC(=O)[C@@H](NC(=O)[C@](C)(Cc1ccccc1F)NC(=O)[C@@H](NC(=O)CNC(=O)[C@H](Cc1ncn[nH]1)NC(=O)C(C)(C)C(=O)NCCc1cnc[nH]1)[C@@H](C)O)[C@@H](C)O)C(=O)NC(C)(C)C. The Balaban J connectivity index is 1.32. The van der Waals surface area contributed by atoms with Gasteiger partial charge in [0.25, 0.3) is 0 Å².